The minimum atomic E-state index is -0.656. The summed E-state index contributed by atoms with van der Waals surface area (Å²) < 4.78 is 37.7. The van der Waals surface area contributed by atoms with Gasteiger partial charge in [-0.15, -0.1) is 0 Å². The molecule has 41 heavy (non-hydrogen) atoms. The summed E-state index contributed by atoms with van der Waals surface area (Å²) in [6.45, 7) is 3.77. The van der Waals surface area contributed by atoms with Crippen LogP contribution in [-0.2, 0) is 0 Å². The van der Waals surface area contributed by atoms with Crippen LogP contribution in [0.2, 0.25) is 5.02 Å². The first-order valence-electron chi connectivity index (χ1n) is 14.2. The molecule has 8 nitrogen and oxygen atoms in total. The van der Waals surface area contributed by atoms with E-state index in [-0.39, 0.29) is 43.0 Å². The second kappa shape index (κ2) is 10.4. The van der Waals surface area contributed by atoms with Crippen molar-refractivity contribution < 1.29 is 18.6 Å². The lowest BCUT2D eigenvalue weighted by atomic mass is 9.95. The topological polar surface area (TPSA) is 101 Å². The SMILES string of the molecule is Nc1nc2c(-c3c(Cl)cc4c(N5CCCC(O)CC5)nc(OCC56CCCN5CCC6)nc4c3F)ccc(F)c2s1. The molecule has 12 heteroatoms. The summed E-state index contributed by atoms with van der Waals surface area (Å²) >= 11 is 7.77. The lowest BCUT2D eigenvalue weighted by Gasteiger charge is -2.31. The molecular formula is C29H31ClF2N6O2S. The smallest absolute Gasteiger partial charge is 0.319 e. The Bertz CT molecular complexity index is 1640. The van der Waals surface area contributed by atoms with Crippen LogP contribution in [0.4, 0.5) is 19.7 Å². The fourth-order valence-electron chi connectivity index (χ4n) is 6.86. The number of halogens is 3. The van der Waals surface area contributed by atoms with Crippen LogP contribution in [0.15, 0.2) is 18.2 Å². The number of rotatable bonds is 5. The average molecular weight is 601 g/mol. The predicted octanol–water partition coefficient (Wildman–Crippen LogP) is 5.78. The standard InChI is InChI=1S/C29H31ClF2N6O2S/c30-19-14-18-23(22(32)21(19)17-5-6-20(31)25-24(17)34-27(33)41-25)35-28(36-26(18)37-10-1-4-16(39)7-13-37)40-15-29-8-2-11-38(29)12-3-9-29/h5-6,14,16,39H,1-4,7-13,15H2,(H2,33,34). The maximum absolute atomic E-state index is 16.6. The van der Waals surface area contributed by atoms with Crippen LogP contribution in [-0.4, -0.2) is 69.4 Å². The second-order valence-electron chi connectivity index (χ2n) is 11.4. The zero-order valence-electron chi connectivity index (χ0n) is 22.5. The summed E-state index contributed by atoms with van der Waals surface area (Å²) in [5, 5.41) is 11.0. The van der Waals surface area contributed by atoms with E-state index in [0.29, 0.717) is 49.3 Å². The van der Waals surface area contributed by atoms with Crippen LogP contribution in [0.3, 0.4) is 0 Å². The van der Waals surface area contributed by atoms with E-state index in [4.69, 9.17) is 27.1 Å². The minimum Gasteiger partial charge on any atom is -0.461 e. The molecule has 2 aromatic heterocycles. The van der Waals surface area contributed by atoms with Crippen LogP contribution < -0.4 is 15.4 Å². The third-order valence-corrected chi connectivity index (χ3v) is 10.1. The van der Waals surface area contributed by atoms with Gasteiger partial charge >= 0.3 is 6.01 Å². The number of benzene rings is 2. The summed E-state index contributed by atoms with van der Waals surface area (Å²) in [7, 11) is 0. The van der Waals surface area contributed by atoms with E-state index in [9.17, 15) is 9.50 Å². The molecule has 3 N–H and O–H groups in total. The van der Waals surface area contributed by atoms with Gasteiger partial charge in [0.05, 0.1) is 26.9 Å². The molecule has 0 radical (unpaired) electrons. The molecule has 3 aliphatic heterocycles. The molecule has 0 aliphatic carbocycles. The van der Waals surface area contributed by atoms with E-state index in [1.807, 2.05) is 0 Å². The number of nitrogens with two attached hydrogens (primary N) is 1. The van der Waals surface area contributed by atoms with Gasteiger partial charge in [0.15, 0.2) is 10.9 Å². The molecule has 0 saturated carbocycles. The number of aliphatic hydroxyl groups excluding tert-OH is 1. The molecule has 5 heterocycles. The Morgan fingerprint density at radius 1 is 1.05 bits per heavy atom. The molecule has 0 amide bonds. The third kappa shape index (κ3) is 4.67. The van der Waals surface area contributed by atoms with E-state index < -0.39 is 17.7 Å². The van der Waals surface area contributed by atoms with Crippen molar-refractivity contribution in [1.82, 2.24) is 19.9 Å². The van der Waals surface area contributed by atoms with Crippen molar-refractivity contribution in [2.24, 2.45) is 0 Å². The Kier molecular flexibility index (Phi) is 6.88. The number of ether oxygens (including phenoxy) is 1. The highest BCUT2D eigenvalue weighted by Crippen LogP contribution is 2.43. The Morgan fingerprint density at radius 2 is 1.85 bits per heavy atom. The number of nitrogens with zero attached hydrogens (tertiary/aromatic N) is 5. The lowest BCUT2D eigenvalue weighted by molar-refractivity contribution is 0.108. The molecule has 3 fully saturated rings. The summed E-state index contributed by atoms with van der Waals surface area (Å²) in [5.74, 6) is -0.608. The molecule has 4 aromatic rings. The van der Waals surface area contributed by atoms with Gasteiger partial charge in [-0.2, -0.15) is 9.97 Å². The number of hydrogen-bond acceptors (Lipinski definition) is 9. The molecule has 2 aromatic carbocycles. The molecule has 0 spiro atoms. The fraction of sp³-hybridized carbons (Fsp3) is 0.483. The Hall–Kier alpha value is -2.86. The molecule has 1 unspecified atom stereocenters. The van der Waals surface area contributed by atoms with Gasteiger partial charge in [0.2, 0.25) is 0 Å². The maximum atomic E-state index is 16.6. The third-order valence-electron chi connectivity index (χ3n) is 8.90. The molecule has 3 aliphatic rings. The predicted molar refractivity (Wildman–Crippen MR) is 158 cm³/mol. The van der Waals surface area contributed by atoms with Gasteiger partial charge in [-0.05, 0) is 76.2 Å². The quantitative estimate of drug-likeness (QED) is 0.297. The van der Waals surface area contributed by atoms with Gasteiger partial charge in [0.25, 0.3) is 0 Å². The number of aliphatic hydroxyl groups is 1. The van der Waals surface area contributed by atoms with Gasteiger partial charge in [0, 0.05) is 29.6 Å². The monoisotopic (exact) mass is 600 g/mol. The van der Waals surface area contributed by atoms with E-state index in [1.165, 1.54) is 12.1 Å². The molecule has 7 rings (SSSR count). The summed E-state index contributed by atoms with van der Waals surface area (Å²) in [5.41, 5.74) is 6.60. The van der Waals surface area contributed by atoms with E-state index in [0.717, 1.165) is 56.5 Å². The number of anilines is 2. The Morgan fingerprint density at radius 3 is 2.66 bits per heavy atom. The van der Waals surface area contributed by atoms with Gasteiger partial charge in [-0.1, -0.05) is 22.9 Å². The summed E-state index contributed by atoms with van der Waals surface area (Å²) in [6, 6.07) is 4.51. The molecule has 1 atom stereocenters. The Balaban J connectivity index is 1.37. The van der Waals surface area contributed by atoms with Crippen molar-refractivity contribution in [1.29, 1.82) is 0 Å². The average Bonchev–Trinajstić information content (AvgIpc) is 3.60. The zero-order chi connectivity index (χ0) is 28.3. The first-order valence-corrected chi connectivity index (χ1v) is 15.4. The van der Waals surface area contributed by atoms with Crippen LogP contribution in [0, 0.1) is 11.6 Å². The number of thiazole rings is 1. The molecule has 216 valence electrons. The van der Waals surface area contributed by atoms with Crippen molar-refractivity contribution in [3.8, 4) is 17.1 Å². The highest BCUT2D eigenvalue weighted by molar-refractivity contribution is 7.22. The molecule has 3 saturated heterocycles. The normalized spacial score (nSPS) is 21.1. The maximum Gasteiger partial charge on any atom is 0.319 e. The van der Waals surface area contributed by atoms with Crippen LogP contribution >= 0.6 is 22.9 Å². The van der Waals surface area contributed by atoms with Crippen LogP contribution in [0.1, 0.15) is 44.9 Å². The lowest BCUT2D eigenvalue weighted by Crippen LogP contribution is -2.43. The van der Waals surface area contributed by atoms with Gasteiger partial charge in [-0.3, -0.25) is 4.90 Å². The molecular weight excluding hydrogens is 570 g/mol. The fourth-order valence-corrected chi connectivity index (χ4v) is 7.91. The number of hydrogen-bond donors (Lipinski definition) is 2. The minimum absolute atomic E-state index is 0.0286. The van der Waals surface area contributed by atoms with Crippen molar-refractivity contribution in [2.75, 3.05) is 43.4 Å². The van der Waals surface area contributed by atoms with Crippen molar-refractivity contribution >= 4 is 55.0 Å². The van der Waals surface area contributed by atoms with Gasteiger partial charge in [-0.25, -0.2) is 13.8 Å². The van der Waals surface area contributed by atoms with Gasteiger partial charge in [0.1, 0.15) is 23.8 Å². The highest BCUT2D eigenvalue weighted by Gasteiger charge is 2.45. The molecule has 0 bridgehead atoms. The Labute approximate surface area is 245 Å². The number of aromatic nitrogens is 3. The zero-order valence-corrected chi connectivity index (χ0v) is 24.1. The summed E-state index contributed by atoms with van der Waals surface area (Å²) in [4.78, 5) is 18.2. The first-order chi connectivity index (χ1) is 19.8. The van der Waals surface area contributed by atoms with E-state index >= 15 is 4.39 Å². The number of fused-ring (bicyclic) bond motifs is 3. The van der Waals surface area contributed by atoms with Crippen LogP contribution in [0.25, 0.3) is 32.2 Å². The highest BCUT2D eigenvalue weighted by atomic mass is 35.5. The van der Waals surface area contributed by atoms with Crippen molar-refractivity contribution in [3.05, 3.63) is 34.9 Å². The largest absolute Gasteiger partial charge is 0.461 e. The van der Waals surface area contributed by atoms with Crippen LogP contribution in [0.5, 0.6) is 6.01 Å². The van der Waals surface area contributed by atoms with Crippen molar-refractivity contribution in [3.63, 3.8) is 0 Å². The van der Waals surface area contributed by atoms with E-state index in [1.54, 1.807) is 6.07 Å². The van der Waals surface area contributed by atoms with Gasteiger partial charge < -0.3 is 20.5 Å². The number of nitrogen functional groups attached to an aromatic ring is 1. The second-order valence-corrected chi connectivity index (χ2v) is 12.8. The first kappa shape index (κ1) is 27.0. The van der Waals surface area contributed by atoms with E-state index in [2.05, 4.69) is 19.8 Å². The summed E-state index contributed by atoms with van der Waals surface area (Å²) in [6.07, 6.45) is 6.03. The van der Waals surface area contributed by atoms with Crippen molar-refractivity contribution in [2.45, 2.75) is 56.6 Å².